The van der Waals surface area contributed by atoms with Crippen molar-refractivity contribution in [3.8, 4) is 17.2 Å². The monoisotopic (exact) mass is 546 g/mol. The van der Waals surface area contributed by atoms with Crippen LogP contribution in [-0.4, -0.2) is 41.4 Å². The normalized spacial score (nSPS) is 13.4. The number of nitrogens with zero attached hydrogens (tertiary/aromatic N) is 1. The maximum Gasteiger partial charge on any atom is 0.182 e. The Bertz CT molecular complexity index is 1080. The summed E-state index contributed by atoms with van der Waals surface area (Å²) in [7, 11) is 0. The van der Waals surface area contributed by atoms with Crippen molar-refractivity contribution < 1.29 is 19.4 Å². The number of amidine groups is 1. The second-order valence-corrected chi connectivity index (χ2v) is 10.9. The van der Waals surface area contributed by atoms with E-state index >= 15 is 0 Å². The lowest BCUT2D eigenvalue weighted by Crippen LogP contribution is -2.30. The number of phenolic OH excluding ortho intramolecular Hbond substituents is 1. The lowest BCUT2D eigenvalue weighted by atomic mass is 9.78. The number of fused-ring (bicyclic) bond motifs is 1. The fourth-order valence-electron chi connectivity index (χ4n) is 4.28. The first-order chi connectivity index (χ1) is 15.8. The number of rotatable bonds is 7. The van der Waals surface area contributed by atoms with Gasteiger partial charge in [-0.2, -0.15) is 0 Å². The Morgan fingerprint density at radius 1 is 0.943 bits per heavy atom. The fraction of sp³-hybridized carbons (Fsp3) is 0.500. The van der Waals surface area contributed by atoms with Crippen LogP contribution in [0.4, 0.5) is 0 Å². The van der Waals surface area contributed by atoms with E-state index in [1.54, 1.807) is 17.0 Å². The Balaban J connectivity index is 0.00000432. The maximum atomic E-state index is 13.4. The van der Waals surface area contributed by atoms with Crippen molar-refractivity contribution in [2.45, 2.75) is 72.8 Å². The van der Waals surface area contributed by atoms with Gasteiger partial charge in [0.1, 0.15) is 11.6 Å². The molecule has 6 nitrogen and oxygen atoms in total. The average molecular weight is 548 g/mol. The van der Waals surface area contributed by atoms with Gasteiger partial charge in [0.15, 0.2) is 17.3 Å². The van der Waals surface area contributed by atoms with E-state index in [2.05, 4.69) is 0 Å². The van der Waals surface area contributed by atoms with Crippen LogP contribution in [0.1, 0.15) is 88.0 Å². The highest BCUT2D eigenvalue weighted by Gasteiger charge is 2.31. The maximum absolute atomic E-state index is 13.4. The quantitative estimate of drug-likeness (QED) is 0.393. The zero-order valence-electron chi connectivity index (χ0n) is 22.2. The van der Waals surface area contributed by atoms with Crippen molar-refractivity contribution in [3.05, 3.63) is 52.1 Å². The van der Waals surface area contributed by atoms with E-state index in [9.17, 15) is 9.90 Å². The molecule has 192 valence electrons. The number of ether oxygens (including phenoxy) is 2. The minimum Gasteiger partial charge on any atom is -0.507 e. The van der Waals surface area contributed by atoms with E-state index in [1.165, 1.54) is 0 Å². The van der Waals surface area contributed by atoms with Crippen LogP contribution >= 0.6 is 17.0 Å². The molecule has 0 aromatic heterocycles. The van der Waals surface area contributed by atoms with Gasteiger partial charge >= 0.3 is 0 Å². The number of halogens is 1. The molecule has 0 radical (unpaired) electrons. The SMILES string of the molecule is Br.CCOc1cc2c(cc1OCC)C(=N)N(CC(=O)c1cc(C(C)(C)C)c(O)c(C(C)(C)C)c1)C2. The molecule has 7 heteroatoms. The number of carbonyl (C=O) groups excluding carboxylic acids is 1. The van der Waals surface area contributed by atoms with E-state index < -0.39 is 0 Å². The average Bonchev–Trinajstić information content (AvgIpc) is 3.01. The second kappa shape index (κ2) is 10.6. The zero-order chi connectivity index (χ0) is 25.4. The highest BCUT2D eigenvalue weighted by Crippen LogP contribution is 2.40. The van der Waals surface area contributed by atoms with Gasteiger partial charge in [-0.05, 0) is 54.5 Å². The summed E-state index contributed by atoms with van der Waals surface area (Å²) in [6.45, 7) is 17.6. The number of nitrogens with one attached hydrogen (secondary N) is 1. The Labute approximate surface area is 219 Å². The second-order valence-electron chi connectivity index (χ2n) is 10.9. The van der Waals surface area contributed by atoms with Crippen molar-refractivity contribution in [1.82, 2.24) is 4.90 Å². The van der Waals surface area contributed by atoms with Crippen LogP contribution < -0.4 is 9.47 Å². The smallest absolute Gasteiger partial charge is 0.182 e. The van der Waals surface area contributed by atoms with Gasteiger partial charge in [-0.3, -0.25) is 10.2 Å². The van der Waals surface area contributed by atoms with E-state index in [-0.39, 0.29) is 45.9 Å². The van der Waals surface area contributed by atoms with E-state index in [1.807, 2.05) is 67.5 Å². The lowest BCUT2D eigenvalue weighted by Gasteiger charge is -2.28. The number of benzene rings is 2. The van der Waals surface area contributed by atoms with Gasteiger partial charge in [-0.25, -0.2) is 0 Å². The summed E-state index contributed by atoms with van der Waals surface area (Å²) in [5.74, 6) is 1.75. The Kier molecular flexibility index (Phi) is 8.70. The number of phenols is 1. The Hall–Kier alpha value is -2.54. The summed E-state index contributed by atoms with van der Waals surface area (Å²) in [5.41, 5.74) is 3.14. The number of hydrogen-bond donors (Lipinski definition) is 2. The number of hydrogen-bond acceptors (Lipinski definition) is 5. The topological polar surface area (TPSA) is 82.9 Å². The molecule has 0 aliphatic carbocycles. The minimum atomic E-state index is -0.317. The molecule has 0 saturated heterocycles. The number of ketones is 1. The molecule has 0 saturated carbocycles. The van der Waals surface area contributed by atoms with E-state index in [4.69, 9.17) is 14.9 Å². The molecule has 0 amide bonds. The molecule has 35 heavy (non-hydrogen) atoms. The van der Waals surface area contributed by atoms with Crippen LogP contribution in [0.15, 0.2) is 24.3 Å². The predicted octanol–water partition coefficient (Wildman–Crippen LogP) is 6.39. The van der Waals surface area contributed by atoms with Gasteiger partial charge in [-0.15, -0.1) is 17.0 Å². The first-order valence-corrected chi connectivity index (χ1v) is 12.0. The van der Waals surface area contributed by atoms with Crippen LogP contribution in [0, 0.1) is 5.41 Å². The molecule has 0 unspecified atom stereocenters. The van der Waals surface area contributed by atoms with Crippen molar-refractivity contribution >= 4 is 28.6 Å². The van der Waals surface area contributed by atoms with Crippen molar-refractivity contribution in [3.63, 3.8) is 0 Å². The minimum absolute atomic E-state index is 0. The van der Waals surface area contributed by atoms with Crippen molar-refractivity contribution in [2.24, 2.45) is 0 Å². The van der Waals surface area contributed by atoms with Gasteiger partial charge in [0.05, 0.1) is 19.8 Å². The van der Waals surface area contributed by atoms with Crippen LogP contribution in [0.2, 0.25) is 0 Å². The van der Waals surface area contributed by atoms with Gasteiger partial charge in [-0.1, -0.05) is 41.5 Å². The van der Waals surface area contributed by atoms with Gasteiger partial charge in [0.25, 0.3) is 0 Å². The standard InChI is InChI=1S/C28H38N2O4.BrH/c1-9-33-23-13-18-15-30(26(29)19(18)14-24(23)34-10-2)16-22(31)17-11-20(27(3,4)5)25(32)21(12-17)28(6,7)8;/h11-14,29,32H,9-10,15-16H2,1-8H3;1H. The van der Waals surface area contributed by atoms with Crippen molar-refractivity contribution in [1.29, 1.82) is 5.41 Å². The van der Waals surface area contributed by atoms with Crippen LogP contribution in [0.25, 0.3) is 0 Å². The highest BCUT2D eigenvalue weighted by molar-refractivity contribution is 8.93. The number of carbonyl (C=O) groups is 1. The van der Waals surface area contributed by atoms with Crippen LogP contribution in [0.5, 0.6) is 17.2 Å². The van der Waals surface area contributed by atoms with Gasteiger partial charge in [0.2, 0.25) is 0 Å². The van der Waals surface area contributed by atoms with Crippen LogP contribution in [0.3, 0.4) is 0 Å². The van der Waals surface area contributed by atoms with Crippen molar-refractivity contribution in [2.75, 3.05) is 19.8 Å². The molecular weight excluding hydrogens is 508 g/mol. The molecule has 2 N–H and O–H groups in total. The summed E-state index contributed by atoms with van der Waals surface area (Å²) in [6.07, 6.45) is 0. The molecule has 0 bridgehead atoms. The third-order valence-corrected chi connectivity index (χ3v) is 6.08. The molecule has 0 spiro atoms. The lowest BCUT2D eigenvalue weighted by molar-refractivity contribution is 0.0962. The molecule has 2 aromatic rings. The van der Waals surface area contributed by atoms with E-state index in [0.29, 0.717) is 42.7 Å². The Morgan fingerprint density at radius 2 is 1.43 bits per heavy atom. The molecule has 1 aliphatic rings. The Morgan fingerprint density at radius 3 is 1.89 bits per heavy atom. The molecule has 0 atom stereocenters. The highest BCUT2D eigenvalue weighted by atomic mass is 79.9. The van der Waals surface area contributed by atoms with Gasteiger partial charge < -0.3 is 19.5 Å². The molecule has 0 fully saturated rings. The van der Waals surface area contributed by atoms with Crippen LogP contribution in [-0.2, 0) is 17.4 Å². The molecular formula is C28H39BrN2O4. The van der Waals surface area contributed by atoms with E-state index in [0.717, 1.165) is 22.3 Å². The zero-order valence-corrected chi connectivity index (χ0v) is 23.9. The summed E-state index contributed by atoms with van der Waals surface area (Å²) in [5, 5.41) is 19.7. The predicted molar refractivity (Wildman–Crippen MR) is 146 cm³/mol. The first kappa shape index (κ1) is 28.7. The molecule has 2 aromatic carbocycles. The first-order valence-electron chi connectivity index (χ1n) is 12.0. The number of Topliss-reactive ketones (excluding diaryl/α,β-unsaturated/α-hetero) is 1. The number of aromatic hydroxyl groups is 1. The van der Waals surface area contributed by atoms with Gasteiger partial charge in [0, 0.05) is 28.8 Å². The third kappa shape index (κ3) is 6.00. The molecule has 1 heterocycles. The summed E-state index contributed by atoms with van der Waals surface area (Å²) >= 11 is 0. The summed E-state index contributed by atoms with van der Waals surface area (Å²) in [4.78, 5) is 15.2. The summed E-state index contributed by atoms with van der Waals surface area (Å²) < 4.78 is 11.5. The largest absolute Gasteiger partial charge is 0.507 e. The molecule has 1 aliphatic heterocycles. The summed E-state index contributed by atoms with van der Waals surface area (Å²) in [6, 6.07) is 7.37. The third-order valence-electron chi connectivity index (χ3n) is 6.08. The molecule has 3 rings (SSSR count). The fourth-order valence-corrected chi connectivity index (χ4v) is 4.28.